The van der Waals surface area contributed by atoms with Crippen LogP contribution in [-0.4, -0.2) is 12.5 Å². The third-order valence-electron chi connectivity index (χ3n) is 2.95. The molecule has 5 heteroatoms. The summed E-state index contributed by atoms with van der Waals surface area (Å²) in [4.78, 5) is 12.4. The number of hydrogen-bond acceptors (Lipinski definition) is 3. The highest BCUT2D eigenvalue weighted by molar-refractivity contribution is 9.10. The third-order valence-corrected chi connectivity index (χ3v) is 3.44. The lowest BCUT2D eigenvalue weighted by atomic mass is 10.1. The van der Waals surface area contributed by atoms with Gasteiger partial charge in [-0.3, -0.25) is 4.79 Å². The molecule has 3 N–H and O–H groups in total. The van der Waals surface area contributed by atoms with Gasteiger partial charge in [0.15, 0.2) is 0 Å². The minimum absolute atomic E-state index is 0.265. The first-order valence-corrected chi connectivity index (χ1v) is 7.40. The molecule has 2 aromatic carbocycles. The maximum absolute atomic E-state index is 12.4. The number of ether oxygens (including phenoxy) is 1. The van der Waals surface area contributed by atoms with Crippen LogP contribution in [0.2, 0.25) is 0 Å². The normalized spacial score (nSPS) is 10.2. The van der Waals surface area contributed by atoms with E-state index >= 15 is 0 Å². The van der Waals surface area contributed by atoms with Gasteiger partial charge in [-0.05, 0) is 49.7 Å². The molecule has 21 heavy (non-hydrogen) atoms. The fourth-order valence-corrected chi connectivity index (χ4v) is 2.28. The summed E-state index contributed by atoms with van der Waals surface area (Å²) in [5.41, 5.74) is 8.41. The Morgan fingerprint density at radius 2 is 2.05 bits per heavy atom. The summed E-state index contributed by atoms with van der Waals surface area (Å²) in [5.74, 6) is 0.387. The highest BCUT2D eigenvalue weighted by Crippen LogP contribution is 2.27. The Morgan fingerprint density at radius 3 is 2.76 bits per heavy atom. The second kappa shape index (κ2) is 6.63. The van der Waals surface area contributed by atoms with Crippen LogP contribution in [0.3, 0.4) is 0 Å². The second-order valence-electron chi connectivity index (χ2n) is 4.62. The molecular weight excluding hydrogens is 332 g/mol. The van der Waals surface area contributed by atoms with Gasteiger partial charge in [-0.1, -0.05) is 22.0 Å². The fourth-order valence-electron chi connectivity index (χ4n) is 1.92. The molecular formula is C16H17BrN2O2. The number of halogens is 1. The van der Waals surface area contributed by atoms with Gasteiger partial charge in [0.1, 0.15) is 5.75 Å². The number of carbonyl (C=O) groups is 1. The summed E-state index contributed by atoms with van der Waals surface area (Å²) in [6.07, 6.45) is 0. The summed E-state index contributed by atoms with van der Waals surface area (Å²) in [7, 11) is 0. The second-order valence-corrected chi connectivity index (χ2v) is 5.53. The number of nitrogen functional groups attached to an aromatic ring is 1. The summed E-state index contributed by atoms with van der Waals surface area (Å²) in [6, 6.07) is 10.8. The van der Waals surface area contributed by atoms with Gasteiger partial charge in [0.2, 0.25) is 0 Å². The van der Waals surface area contributed by atoms with Crippen LogP contribution in [-0.2, 0) is 0 Å². The van der Waals surface area contributed by atoms with E-state index in [-0.39, 0.29) is 5.91 Å². The lowest BCUT2D eigenvalue weighted by molar-refractivity contribution is 0.102. The van der Waals surface area contributed by atoms with Gasteiger partial charge in [0.25, 0.3) is 5.91 Å². The van der Waals surface area contributed by atoms with Crippen molar-refractivity contribution in [3.63, 3.8) is 0 Å². The van der Waals surface area contributed by atoms with Gasteiger partial charge < -0.3 is 15.8 Å². The Kier molecular flexibility index (Phi) is 4.85. The molecule has 2 rings (SSSR count). The molecule has 0 bridgehead atoms. The average Bonchev–Trinajstić information content (AvgIpc) is 2.44. The van der Waals surface area contributed by atoms with Crippen molar-refractivity contribution in [2.75, 3.05) is 17.7 Å². The van der Waals surface area contributed by atoms with Gasteiger partial charge in [-0.2, -0.15) is 0 Å². The molecule has 0 aliphatic carbocycles. The van der Waals surface area contributed by atoms with Crippen LogP contribution in [0.25, 0.3) is 0 Å². The van der Waals surface area contributed by atoms with Gasteiger partial charge in [-0.25, -0.2) is 0 Å². The van der Waals surface area contributed by atoms with Crippen molar-refractivity contribution >= 4 is 33.2 Å². The van der Waals surface area contributed by atoms with Gasteiger partial charge in [0, 0.05) is 10.2 Å². The van der Waals surface area contributed by atoms with Gasteiger partial charge >= 0.3 is 0 Å². The molecule has 0 aliphatic rings. The molecule has 0 radical (unpaired) electrons. The minimum atomic E-state index is -0.265. The van der Waals surface area contributed by atoms with Crippen molar-refractivity contribution in [1.29, 1.82) is 0 Å². The molecule has 0 unspecified atom stereocenters. The first-order chi connectivity index (χ1) is 10.0. The largest absolute Gasteiger partial charge is 0.492 e. The van der Waals surface area contributed by atoms with Crippen molar-refractivity contribution in [2.24, 2.45) is 0 Å². The summed E-state index contributed by atoms with van der Waals surface area (Å²) < 4.78 is 6.35. The monoisotopic (exact) mass is 348 g/mol. The van der Waals surface area contributed by atoms with Crippen LogP contribution in [0.4, 0.5) is 11.4 Å². The molecule has 4 nitrogen and oxygen atoms in total. The van der Waals surface area contributed by atoms with E-state index in [0.717, 1.165) is 10.0 Å². The molecule has 0 fully saturated rings. The Hall–Kier alpha value is -2.01. The van der Waals surface area contributed by atoms with Crippen molar-refractivity contribution in [1.82, 2.24) is 0 Å². The molecule has 0 spiro atoms. The van der Waals surface area contributed by atoms with Crippen LogP contribution in [0.15, 0.2) is 40.9 Å². The summed E-state index contributed by atoms with van der Waals surface area (Å²) >= 11 is 3.34. The van der Waals surface area contributed by atoms with E-state index in [1.54, 1.807) is 18.2 Å². The van der Waals surface area contributed by atoms with Crippen molar-refractivity contribution in [3.8, 4) is 5.75 Å². The number of rotatable bonds is 4. The van der Waals surface area contributed by atoms with E-state index in [4.69, 9.17) is 10.5 Å². The standard InChI is InChI=1S/C16H17BrN2O2/c1-3-21-15-8-10(2)4-7-14(15)19-16(20)12-9-11(17)5-6-13(12)18/h4-9H,3,18H2,1-2H3,(H,19,20). The highest BCUT2D eigenvalue weighted by atomic mass is 79.9. The number of nitrogens with one attached hydrogen (secondary N) is 1. The first kappa shape index (κ1) is 15.4. The predicted molar refractivity (Wildman–Crippen MR) is 88.9 cm³/mol. The van der Waals surface area contributed by atoms with Crippen LogP contribution in [0.1, 0.15) is 22.8 Å². The van der Waals surface area contributed by atoms with E-state index < -0.39 is 0 Å². The number of carbonyl (C=O) groups excluding carboxylic acids is 1. The van der Waals surface area contributed by atoms with Crippen LogP contribution < -0.4 is 15.8 Å². The molecule has 0 saturated heterocycles. The molecule has 0 aliphatic heterocycles. The first-order valence-electron chi connectivity index (χ1n) is 6.61. The lowest BCUT2D eigenvalue weighted by Gasteiger charge is -2.13. The predicted octanol–water partition coefficient (Wildman–Crippen LogP) is 3.99. The number of benzene rings is 2. The Bertz CT molecular complexity index is 671. The summed E-state index contributed by atoms with van der Waals surface area (Å²) in [5, 5.41) is 2.84. The minimum Gasteiger partial charge on any atom is -0.492 e. The smallest absolute Gasteiger partial charge is 0.257 e. The maximum atomic E-state index is 12.4. The number of anilines is 2. The quantitative estimate of drug-likeness (QED) is 0.821. The van der Waals surface area contributed by atoms with Crippen LogP contribution >= 0.6 is 15.9 Å². The van der Waals surface area contributed by atoms with E-state index in [0.29, 0.717) is 29.3 Å². The molecule has 110 valence electrons. The average molecular weight is 349 g/mol. The van der Waals surface area contributed by atoms with Gasteiger partial charge in [0.05, 0.1) is 17.9 Å². The lowest BCUT2D eigenvalue weighted by Crippen LogP contribution is -2.15. The topological polar surface area (TPSA) is 64.3 Å². The van der Waals surface area contributed by atoms with Gasteiger partial charge in [-0.15, -0.1) is 0 Å². The zero-order chi connectivity index (χ0) is 15.4. The van der Waals surface area contributed by atoms with Crippen molar-refractivity contribution < 1.29 is 9.53 Å². The van der Waals surface area contributed by atoms with Crippen LogP contribution in [0, 0.1) is 6.92 Å². The molecule has 0 saturated carbocycles. The van der Waals surface area contributed by atoms with E-state index in [2.05, 4.69) is 21.2 Å². The molecule has 0 heterocycles. The zero-order valence-electron chi connectivity index (χ0n) is 11.9. The molecule has 1 amide bonds. The Morgan fingerprint density at radius 1 is 1.29 bits per heavy atom. The zero-order valence-corrected chi connectivity index (χ0v) is 13.5. The number of hydrogen-bond donors (Lipinski definition) is 2. The highest BCUT2D eigenvalue weighted by Gasteiger charge is 2.13. The van der Waals surface area contributed by atoms with Crippen LogP contribution in [0.5, 0.6) is 5.75 Å². The molecule has 0 aromatic heterocycles. The number of nitrogens with two attached hydrogens (primary N) is 1. The van der Waals surface area contributed by atoms with E-state index in [9.17, 15) is 4.79 Å². The van der Waals surface area contributed by atoms with Crippen molar-refractivity contribution in [3.05, 3.63) is 52.0 Å². The third kappa shape index (κ3) is 3.76. The summed E-state index contributed by atoms with van der Waals surface area (Å²) in [6.45, 7) is 4.41. The number of amides is 1. The van der Waals surface area contributed by atoms with E-state index in [1.165, 1.54) is 0 Å². The Balaban J connectivity index is 2.29. The molecule has 0 atom stereocenters. The number of aryl methyl sites for hydroxylation is 1. The SMILES string of the molecule is CCOc1cc(C)ccc1NC(=O)c1cc(Br)ccc1N. The fraction of sp³-hybridized carbons (Fsp3) is 0.188. The van der Waals surface area contributed by atoms with E-state index in [1.807, 2.05) is 32.0 Å². The van der Waals surface area contributed by atoms with Crippen molar-refractivity contribution in [2.45, 2.75) is 13.8 Å². The molecule has 2 aromatic rings. The Labute approximate surface area is 132 Å². The maximum Gasteiger partial charge on any atom is 0.257 e.